The first-order chi connectivity index (χ1) is 16.0. The van der Waals surface area contributed by atoms with Crippen LogP contribution in [-0.2, 0) is 0 Å². The van der Waals surface area contributed by atoms with Crippen LogP contribution < -0.4 is 5.32 Å². The second kappa shape index (κ2) is 7.74. The number of rotatable bonds is 5. The van der Waals surface area contributed by atoms with Gasteiger partial charge in [-0.3, -0.25) is 0 Å². The zero-order valence-electron chi connectivity index (χ0n) is 17.7. The molecule has 2 heterocycles. The minimum absolute atomic E-state index is 0.286. The largest absolute Gasteiger partial charge is 0.328 e. The molecule has 2 aromatic heterocycles. The lowest BCUT2D eigenvalue weighted by atomic mass is 10.2. The van der Waals surface area contributed by atoms with Crippen LogP contribution >= 0.6 is 11.3 Å². The van der Waals surface area contributed by atoms with E-state index in [1.807, 2.05) is 31.2 Å². The number of hydrogen-bond donors (Lipinski definition) is 1. The number of fused-ring (bicyclic) bond motifs is 1. The maximum absolute atomic E-state index is 15.1. The van der Waals surface area contributed by atoms with E-state index in [1.165, 1.54) is 35.1 Å². The molecule has 5 aromatic rings. The van der Waals surface area contributed by atoms with Crippen LogP contribution in [0.3, 0.4) is 0 Å². The van der Waals surface area contributed by atoms with Gasteiger partial charge in [0.15, 0.2) is 0 Å². The zero-order valence-corrected chi connectivity index (χ0v) is 18.5. The van der Waals surface area contributed by atoms with E-state index in [2.05, 4.69) is 20.1 Å². The van der Waals surface area contributed by atoms with Gasteiger partial charge in [0.05, 0.1) is 16.7 Å². The summed E-state index contributed by atoms with van der Waals surface area (Å²) in [5.41, 5.74) is 4.64. The number of nitrogens with zero attached hydrogens (tertiary/aromatic N) is 4. The van der Waals surface area contributed by atoms with Gasteiger partial charge >= 0.3 is 0 Å². The highest BCUT2D eigenvalue weighted by Gasteiger charge is 2.29. The summed E-state index contributed by atoms with van der Waals surface area (Å²) in [4.78, 5) is 4.78. The van der Waals surface area contributed by atoms with Crippen LogP contribution in [0.15, 0.2) is 60.7 Å². The summed E-state index contributed by atoms with van der Waals surface area (Å²) in [6.45, 7) is 2.03. The molecule has 0 spiro atoms. The van der Waals surface area contributed by atoms with Crippen molar-refractivity contribution in [2.45, 2.75) is 25.8 Å². The fraction of sp³-hybridized carbons (Fsp3) is 0.160. The number of benzene rings is 3. The van der Waals surface area contributed by atoms with Crippen LogP contribution in [0.25, 0.3) is 33.0 Å². The van der Waals surface area contributed by atoms with Crippen LogP contribution in [0, 0.1) is 18.6 Å². The van der Waals surface area contributed by atoms with Gasteiger partial charge in [-0.15, -0.1) is 10.2 Å². The standard InChI is InChI=1S/C25H19F2N5S/c1-14-2-4-16(5-3-14)24-30-31-25(33-24)29-20-13-21-22(12-19(20)27)32(18-10-11-18)23(28-21)15-6-8-17(26)9-7-15/h2-9,12-13,18H,10-11H2,1H3,(H,29,31). The topological polar surface area (TPSA) is 55.6 Å². The third kappa shape index (κ3) is 3.76. The molecule has 1 N–H and O–H groups in total. The molecule has 1 aliphatic carbocycles. The van der Waals surface area contributed by atoms with Gasteiger partial charge in [0.2, 0.25) is 5.13 Å². The van der Waals surface area contributed by atoms with E-state index < -0.39 is 0 Å². The summed E-state index contributed by atoms with van der Waals surface area (Å²) < 4.78 is 30.6. The summed E-state index contributed by atoms with van der Waals surface area (Å²) >= 11 is 1.36. The summed E-state index contributed by atoms with van der Waals surface area (Å²) in [5, 5.41) is 12.7. The minimum atomic E-state index is -0.387. The molecule has 0 atom stereocenters. The number of anilines is 2. The van der Waals surface area contributed by atoms with Crippen molar-refractivity contribution in [3.8, 4) is 22.0 Å². The monoisotopic (exact) mass is 459 g/mol. The smallest absolute Gasteiger partial charge is 0.210 e. The van der Waals surface area contributed by atoms with Crippen molar-refractivity contribution >= 4 is 33.2 Å². The van der Waals surface area contributed by atoms with E-state index in [0.29, 0.717) is 16.3 Å². The first-order valence-corrected chi connectivity index (χ1v) is 11.5. The number of nitrogens with one attached hydrogen (secondary N) is 1. The Morgan fingerprint density at radius 2 is 1.67 bits per heavy atom. The van der Waals surface area contributed by atoms with Crippen molar-refractivity contribution in [2.75, 3.05) is 5.32 Å². The lowest BCUT2D eigenvalue weighted by Crippen LogP contribution is -1.98. The van der Waals surface area contributed by atoms with Crippen LogP contribution in [0.5, 0.6) is 0 Å². The first-order valence-electron chi connectivity index (χ1n) is 10.7. The van der Waals surface area contributed by atoms with Crippen molar-refractivity contribution in [1.29, 1.82) is 0 Å². The average molecular weight is 460 g/mol. The Morgan fingerprint density at radius 3 is 2.39 bits per heavy atom. The molecule has 0 bridgehead atoms. The van der Waals surface area contributed by atoms with Crippen molar-refractivity contribution in [1.82, 2.24) is 19.7 Å². The van der Waals surface area contributed by atoms with Gasteiger partial charge in [-0.1, -0.05) is 41.2 Å². The van der Waals surface area contributed by atoms with E-state index in [1.54, 1.807) is 18.2 Å². The van der Waals surface area contributed by atoms with E-state index in [9.17, 15) is 4.39 Å². The van der Waals surface area contributed by atoms with Crippen LogP contribution in [-0.4, -0.2) is 19.7 Å². The lowest BCUT2D eigenvalue weighted by Gasteiger charge is -2.08. The van der Waals surface area contributed by atoms with Crippen LogP contribution in [0.4, 0.5) is 19.6 Å². The maximum Gasteiger partial charge on any atom is 0.210 e. The van der Waals surface area contributed by atoms with Crippen LogP contribution in [0.1, 0.15) is 24.4 Å². The van der Waals surface area contributed by atoms with Gasteiger partial charge < -0.3 is 9.88 Å². The van der Waals surface area contributed by atoms with Crippen molar-refractivity contribution < 1.29 is 8.78 Å². The Labute approximate surface area is 192 Å². The van der Waals surface area contributed by atoms with E-state index >= 15 is 4.39 Å². The summed E-state index contributed by atoms with van der Waals surface area (Å²) in [6, 6.07) is 17.8. The molecule has 1 fully saturated rings. The summed E-state index contributed by atoms with van der Waals surface area (Å²) in [5.74, 6) is 0.0380. The van der Waals surface area contributed by atoms with Gasteiger partial charge in [-0.25, -0.2) is 13.8 Å². The number of hydrogen-bond acceptors (Lipinski definition) is 5. The van der Waals surface area contributed by atoms with Crippen molar-refractivity contribution in [2.24, 2.45) is 0 Å². The Hall–Kier alpha value is -3.65. The normalized spacial score (nSPS) is 13.5. The quantitative estimate of drug-likeness (QED) is 0.311. The lowest BCUT2D eigenvalue weighted by molar-refractivity contribution is 0.628. The second-order valence-corrected chi connectivity index (χ2v) is 9.25. The molecular formula is C25H19F2N5S. The van der Waals surface area contributed by atoms with Gasteiger partial charge in [-0.05, 0) is 50.1 Å². The highest BCUT2D eigenvalue weighted by atomic mass is 32.1. The van der Waals surface area contributed by atoms with Crippen molar-refractivity contribution in [3.63, 3.8) is 0 Å². The van der Waals surface area contributed by atoms with Crippen LogP contribution in [0.2, 0.25) is 0 Å². The predicted octanol–water partition coefficient (Wildman–Crippen LogP) is 6.89. The van der Waals surface area contributed by atoms with E-state index in [0.717, 1.165) is 40.3 Å². The summed E-state index contributed by atoms with van der Waals surface area (Å²) in [7, 11) is 0. The number of halogens is 2. The van der Waals surface area contributed by atoms with Gasteiger partial charge in [0.1, 0.15) is 22.5 Å². The van der Waals surface area contributed by atoms with E-state index in [-0.39, 0.29) is 17.7 Å². The molecule has 164 valence electrons. The molecular weight excluding hydrogens is 440 g/mol. The highest BCUT2D eigenvalue weighted by Crippen LogP contribution is 2.42. The third-order valence-corrected chi connectivity index (χ3v) is 6.65. The molecule has 1 saturated carbocycles. The molecule has 0 saturated heterocycles. The molecule has 0 unspecified atom stereocenters. The number of imidazole rings is 1. The van der Waals surface area contributed by atoms with Gasteiger partial charge in [-0.2, -0.15) is 0 Å². The molecule has 5 nitrogen and oxygen atoms in total. The molecule has 3 aromatic carbocycles. The molecule has 0 aliphatic heterocycles. The Bertz CT molecular complexity index is 1470. The summed E-state index contributed by atoms with van der Waals surface area (Å²) in [6.07, 6.45) is 2.04. The minimum Gasteiger partial charge on any atom is -0.328 e. The average Bonchev–Trinajstić information content (AvgIpc) is 3.43. The first kappa shape index (κ1) is 20.0. The molecule has 1 aliphatic rings. The Morgan fingerprint density at radius 1 is 0.939 bits per heavy atom. The number of aryl methyl sites for hydroxylation is 1. The molecule has 0 amide bonds. The Balaban J connectivity index is 1.36. The fourth-order valence-electron chi connectivity index (χ4n) is 3.92. The second-order valence-electron chi connectivity index (χ2n) is 8.27. The SMILES string of the molecule is Cc1ccc(-c2nnc(Nc3cc4nc(-c5ccc(F)cc5)n(C5CC5)c4cc3F)s2)cc1. The highest BCUT2D eigenvalue weighted by molar-refractivity contribution is 7.18. The predicted molar refractivity (Wildman–Crippen MR) is 127 cm³/mol. The van der Waals surface area contributed by atoms with Gasteiger partial charge in [0.25, 0.3) is 0 Å². The van der Waals surface area contributed by atoms with Gasteiger partial charge in [0, 0.05) is 23.2 Å². The van der Waals surface area contributed by atoms with E-state index in [4.69, 9.17) is 4.98 Å². The Kier molecular flexibility index (Phi) is 4.69. The maximum atomic E-state index is 15.1. The molecule has 8 heteroatoms. The fourth-order valence-corrected chi connectivity index (χ4v) is 4.68. The molecule has 6 rings (SSSR count). The molecule has 0 radical (unpaired) electrons. The zero-order chi connectivity index (χ0) is 22.5. The number of aromatic nitrogens is 4. The third-order valence-electron chi connectivity index (χ3n) is 5.76. The molecule has 33 heavy (non-hydrogen) atoms. The van der Waals surface area contributed by atoms with Crippen molar-refractivity contribution in [3.05, 3.63) is 77.9 Å².